The number of rotatable bonds is 2. The van der Waals surface area contributed by atoms with Crippen LogP contribution in [0.15, 0.2) is 21.5 Å². The highest BCUT2D eigenvalue weighted by atomic mass is 16.6. The van der Waals surface area contributed by atoms with Gasteiger partial charge in [-0.25, -0.2) is 4.79 Å². The highest BCUT2D eigenvalue weighted by Gasteiger charge is 2.16. The zero-order chi connectivity index (χ0) is 13.1. The Balaban J connectivity index is 2.53. The van der Waals surface area contributed by atoms with E-state index in [2.05, 4.69) is 5.32 Å². The van der Waals surface area contributed by atoms with Crippen LogP contribution in [0.25, 0.3) is 0 Å². The van der Waals surface area contributed by atoms with Gasteiger partial charge in [0.25, 0.3) is 0 Å². The maximum atomic E-state index is 11.3. The molecule has 0 fully saturated rings. The molecule has 1 aromatic heterocycles. The summed E-state index contributed by atoms with van der Waals surface area (Å²) in [5, 5.41) is 11.4. The van der Waals surface area contributed by atoms with Crippen molar-refractivity contribution in [2.45, 2.75) is 32.9 Å². The van der Waals surface area contributed by atoms with Crippen molar-refractivity contribution in [3.8, 4) is 5.75 Å². The maximum absolute atomic E-state index is 11.3. The quantitative estimate of drug-likeness (QED) is 0.816. The van der Waals surface area contributed by atoms with E-state index < -0.39 is 22.9 Å². The Bertz CT molecular complexity index is 458. The molecule has 0 saturated carbocycles. The van der Waals surface area contributed by atoms with Gasteiger partial charge in [0, 0.05) is 6.07 Å². The Morgan fingerprint density at radius 2 is 2.18 bits per heavy atom. The van der Waals surface area contributed by atoms with Gasteiger partial charge in [-0.2, -0.15) is 0 Å². The number of ether oxygens (including phenoxy) is 1. The minimum absolute atomic E-state index is 0.0183. The molecular formula is C11H15NO5. The molecule has 0 aliphatic rings. The van der Waals surface area contributed by atoms with Crippen LogP contribution >= 0.6 is 0 Å². The van der Waals surface area contributed by atoms with Crippen LogP contribution in [-0.4, -0.2) is 16.8 Å². The summed E-state index contributed by atoms with van der Waals surface area (Å²) >= 11 is 0. The summed E-state index contributed by atoms with van der Waals surface area (Å²) in [6.07, 6.45) is 0.322. The molecule has 0 aromatic carbocycles. The van der Waals surface area contributed by atoms with E-state index in [0.29, 0.717) is 0 Å². The third-order valence-corrected chi connectivity index (χ3v) is 1.67. The first kappa shape index (κ1) is 13.1. The molecule has 17 heavy (non-hydrogen) atoms. The van der Waals surface area contributed by atoms with Crippen LogP contribution in [0, 0.1) is 0 Å². The normalized spacial score (nSPS) is 11.0. The van der Waals surface area contributed by atoms with E-state index in [9.17, 15) is 9.59 Å². The van der Waals surface area contributed by atoms with Crippen molar-refractivity contribution in [2.75, 3.05) is 0 Å². The third kappa shape index (κ3) is 4.58. The number of carbonyl (C=O) groups is 1. The summed E-state index contributed by atoms with van der Waals surface area (Å²) in [7, 11) is 0. The smallest absolute Gasteiger partial charge is 0.408 e. The predicted octanol–water partition coefficient (Wildman–Crippen LogP) is 1.37. The lowest BCUT2D eigenvalue weighted by Crippen LogP contribution is -2.32. The van der Waals surface area contributed by atoms with Crippen LogP contribution < -0.4 is 10.7 Å². The lowest BCUT2D eigenvalue weighted by Gasteiger charge is -2.19. The van der Waals surface area contributed by atoms with Crippen molar-refractivity contribution in [1.29, 1.82) is 0 Å². The summed E-state index contributed by atoms with van der Waals surface area (Å²) in [5.41, 5.74) is -1.14. The van der Waals surface area contributed by atoms with Crippen LogP contribution in [0.5, 0.6) is 5.75 Å². The summed E-state index contributed by atoms with van der Waals surface area (Å²) < 4.78 is 9.89. The second kappa shape index (κ2) is 4.90. The molecule has 0 saturated heterocycles. The number of hydrogen-bond acceptors (Lipinski definition) is 5. The first-order valence-electron chi connectivity index (χ1n) is 5.05. The molecule has 6 nitrogen and oxygen atoms in total. The molecule has 6 heteroatoms. The van der Waals surface area contributed by atoms with Crippen LogP contribution in [-0.2, 0) is 11.3 Å². The zero-order valence-corrected chi connectivity index (χ0v) is 9.94. The van der Waals surface area contributed by atoms with E-state index in [-0.39, 0.29) is 12.3 Å². The van der Waals surface area contributed by atoms with Crippen molar-refractivity contribution >= 4 is 6.09 Å². The van der Waals surface area contributed by atoms with Gasteiger partial charge in [-0.05, 0) is 20.8 Å². The van der Waals surface area contributed by atoms with E-state index in [4.69, 9.17) is 14.3 Å². The summed E-state index contributed by atoms with van der Waals surface area (Å²) in [5.74, 6) is -0.232. The van der Waals surface area contributed by atoms with E-state index in [1.54, 1.807) is 20.8 Å². The maximum Gasteiger partial charge on any atom is 0.408 e. The third-order valence-electron chi connectivity index (χ3n) is 1.67. The zero-order valence-electron chi connectivity index (χ0n) is 9.94. The molecule has 0 radical (unpaired) electrons. The van der Waals surface area contributed by atoms with Crippen LogP contribution in [0.3, 0.4) is 0 Å². The minimum atomic E-state index is -0.603. The average Bonchev–Trinajstić information content (AvgIpc) is 2.17. The van der Waals surface area contributed by atoms with E-state index >= 15 is 0 Å². The molecule has 0 spiro atoms. The summed E-state index contributed by atoms with van der Waals surface area (Å²) in [6, 6.07) is 1.10. The van der Waals surface area contributed by atoms with E-state index in [1.807, 2.05) is 0 Å². The van der Waals surface area contributed by atoms with Gasteiger partial charge >= 0.3 is 6.09 Å². The molecule has 1 rings (SSSR count). The first-order valence-corrected chi connectivity index (χ1v) is 5.05. The first-order chi connectivity index (χ1) is 7.78. The lowest BCUT2D eigenvalue weighted by atomic mass is 10.2. The highest BCUT2D eigenvalue weighted by molar-refractivity contribution is 5.67. The monoisotopic (exact) mass is 241 g/mol. The highest BCUT2D eigenvalue weighted by Crippen LogP contribution is 2.07. The van der Waals surface area contributed by atoms with Gasteiger partial charge in [-0.3, -0.25) is 4.79 Å². The topological polar surface area (TPSA) is 88.8 Å². The average molecular weight is 241 g/mol. The fourth-order valence-corrected chi connectivity index (χ4v) is 1.01. The number of alkyl carbamates (subject to hydrolysis) is 1. The molecule has 1 heterocycles. The largest absolute Gasteiger partial charge is 0.502 e. The van der Waals surface area contributed by atoms with Gasteiger partial charge in [-0.1, -0.05) is 0 Å². The van der Waals surface area contributed by atoms with Crippen molar-refractivity contribution in [1.82, 2.24) is 5.32 Å². The number of aromatic hydroxyl groups is 1. The van der Waals surface area contributed by atoms with Gasteiger partial charge in [0.05, 0.1) is 6.54 Å². The van der Waals surface area contributed by atoms with Gasteiger partial charge in [-0.15, -0.1) is 0 Å². The Morgan fingerprint density at radius 3 is 2.71 bits per heavy atom. The Kier molecular flexibility index (Phi) is 3.77. The van der Waals surface area contributed by atoms with Gasteiger partial charge in [0.2, 0.25) is 5.43 Å². The number of amides is 1. The van der Waals surface area contributed by atoms with Gasteiger partial charge < -0.3 is 19.6 Å². The van der Waals surface area contributed by atoms with Crippen molar-refractivity contribution < 1.29 is 19.1 Å². The molecule has 0 aliphatic carbocycles. The molecule has 0 aliphatic heterocycles. The molecular weight excluding hydrogens is 226 g/mol. The fraction of sp³-hybridized carbons (Fsp3) is 0.455. The van der Waals surface area contributed by atoms with Crippen LogP contribution in [0.1, 0.15) is 26.5 Å². The molecule has 94 valence electrons. The molecule has 2 N–H and O–H groups in total. The Hall–Kier alpha value is -1.98. The summed E-state index contributed by atoms with van der Waals surface area (Å²) in [4.78, 5) is 22.3. The Labute approximate surface area is 98.2 Å². The number of nitrogens with one attached hydrogen (secondary N) is 1. The second-order valence-corrected chi connectivity index (χ2v) is 4.45. The SMILES string of the molecule is CC(C)(C)OC(=O)NCc1cc(=O)c(O)co1. The minimum Gasteiger partial charge on any atom is -0.502 e. The Morgan fingerprint density at radius 1 is 1.53 bits per heavy atom. The molecule has 0 atom stereocenters. The van der Waals surface area contributed by atoms with Gasteiger partial charge in [0.1, 0.15) is 17.6 Å². The van der Waals surface area contributed by atoms with E-state index in [1.165, 1.54) is 0 Å². The molecule has 1 amide bonds. The van der Waals surface area contributed by atoms with Crippen LogP contribution in [0.4, 0.5) is 4.79 Å². The van der Waals surface area contributed by atoms with Crippen molar-refractivity contribution in [3.63, 3.8) is 0 Å². The number of carbonyl (C=O) groups excluding carboxylic acids is 1. The molecule has 0 unspecified atom stereocenters. The number of hydrogen-bond donors (Lipinski definition) is 2. The van der Waals surface area contributed by atoms with Crippen LogP contribution in [0.2, 0.25) is 0 Å². The standard InChI is InChI=1S/C11H15NO5/c1-11(2,3)17-10(15)12-5-7-4-8(13)9(14)6-16-7/h4,6,14H,5H2,1-3H3,(H,12,15). The van der Waals surface area contributed by atoms with Crippen molar-refractivity contribution in [3.05, 3.63) is 28.3 Å². The van der Waals surface area contributed by atoms with Crippen molar-refractivity contribution in [2.24, 2.45) is 0 Å². The van der Waals surface area contributed by atoms with Gasteiger partial charge in [0.15, 0.2) is 5.75 Å². The lowest BCUT2D eigenvalue weighted by molar-refractivity contribution is 0.0519. The fourth-order valence-electron chi connectivity index (χ4n) is 1.01. The summed E-state index contributed by atoms with van der Waals surface area (Å²) in [6.45, 7) is 5.25. The second-order valence-electron chi connectivity index (χ2n) is 4.45. The van der Waals surface area contributed by atoms with E-state index in [0.717, 1.165) is 12.3 Å². The molecule has 1 aromatic rings. The molecule has 0 bridgehead atoms. The predicted molar refractivity (Wildman–Crippen MR) is 59.7 cm³/mol.